The van der Waals surface area contributed by atoms with Gasteiger partial charge in [-0.05, 0) is 66.7 Å². The predicted octanol–water partition coefficient (Wildman–Crippen LogP) is 8.52. The van der Waals surface area contributed by atoms with E-state index in [2.05, 4.69) is 73.6 Å². The van der Waals surface area contributed by atoms with Gasteiger partial charge in [0, 0.05) is 5.41 Å². The largest absolute Gasteiger partial charge is 0.464 e. The fourth-order valence-electron chi connectivity index (χ4n) is 4.81. The molecule has 0 heterocycles. The highest BCUT2D eigenvalue weighted by Gasteiger charge is 2.28. The monoisotopic (exact) mass is 416 g/mol. The SMILES string of the molecule is Cc1cc(OC(OCCC2CCCCC2)C(C)(C)C)ccc1C(CC(C)C)C(C)C. The molecule has 0 aliphatic heterocycles. The van der Waals surface area contributed by atoms with Crippen LogP contribution in [0.2, 0.25) is 0 Å². The Labute approximate surface area is 187 Å². The molecule has 1 aromatic carbocycles. The van der Waals surface area contributed by atoms with E-state index in [0.717, 1.165) is 18.3 Å². The van der Waals surface area contributed by atoms with E-state index in [1.165, 1.54) is 56.1 Å². The molecular weight excluding hydrogens is 368 g/mol. The molecule has 1 aromatic rings. The number of aryl methyl sites for hydroxylation is 1. The van der Waals surface area contributed by atoms with Crippen LogP contribution in [0.4, 0.5) is 0 Å². The summed E-state index contributed by atoms with van der Waals surface area (Å²) in [4.78, 5) is 0. The first-order valence-corrected chi connectivity index (χ1v) is 12.5. The quantitative estimate of drug-likeness (QED) is 0.356. The average Bonchev–Trinajstić information content (AvgIpc) is 2.65. The van der Waals surface area contributed by atoms with E-state index in [0.29, 0.717) is 17.8 Å². The van der Waals surface area contributed by atoms with Gasteiger partial charge in [0.15, 0.2) is 0 Å². The van der Waals surface area contributed by atoms with Crippen molar-refractivity contribution in [3.63, 3.8) is 0 Å². The Morgan fingerprint density at radius 1 is 1.00 bits per heavy atom. The fraction of sp³-hybridized carbons (Fsp3) is 0.786. The summed E-state index contributed by atoms with van der Waals surface area (Å²) in [6, 6.07) is 6.66. The molecule has 0 saturated heterocycles. The van der Waals surface area contributed by atoms with Gasteiger partial charge < -0.3 is 9.47 Å². The minimum atomic E-state index is -0.220. The summed E-state index contributed by atoms with van der Waals surface area (Å²) in [5.74, 6) is 3.72. The van der Waals surface area contributed by atoms with Crippen LogP contribution in [0.25, 0.3) is 0 Å². The van der Waals surface area contributed by atoms with E-state index in [1.54, 1.807) is 0 Å². The van der Waals surface area contributed by atoms with Gasteiger partial charge in [0.1, 0.15) is 5.75 Å². The summed E-state index contributed by atoms with van der Waals surface area (Å²) in [6.07, 6.45) is 9.12. The van der Waals surface area contributed by atoms with E-state index in [9.17, 15) is 0 Å². The summed E-state index contributed by atoms with van der Waals surface area (Å²) in [7, 11) is 0. The number of ether oxygens (including phenoxy) is 2. The molecule has 2 heteroatoms. The lowest BCUT2D eigenvalue weighted by Gasteiger charge is -2.32. The molecule has 2 atom stereocenters. The summed E-state index contributed by atoms with van der Waals surface area (Å²) < 4.78 is 12.7. The fourth-order valence-corrected chi connectivity index (χ4v) is 4.81. The zero-order valence-electron chi connectivity index (χ0n) is 21.1. The smallest absolute Gasteiger partial charge is 0.204 e. The summed E-state index contributed by atoms with van der Waals surface area (Å²) in [5, 5.41) is 0. The number of hydrogen-bond donors (Lipinski definition) is 0. The van der Waals surface area contributed by atoms with Crippen molar-refractivity contribution in [2.45, 2.75) is 113 Å². The zero-order chi connectivity index (χ0) is 22.3. The zero-order valence-corrected chi connectivity index (χ0v) is 21.1. The van der Waals surface area contributed by atoms with Crippen molar-refractivity contribution in [1.82, 2.24) is 0 Å². The van der Waals surface area contributed by atoms with Crippen LogP contribution in [0.1, 0.15) is 110 Å². The van der Waals surface area contributed by atoms with Crippen molar-refractivity contribution in [2.24, 2.45) is 23.2 Å². The highest BCUT2D eigenvalue weighted by molar-refractivity contribution is 5.37. The third kappa shape index (κ3) is 7.91. The Kier molecular flexibility index (Phi) is 9.72. The molecule has 1 aliphatic carbocycles. The molecule has 0 spiro atoms. The second kappa shape index (κ2) is 11.6. The Hall–Kier alpha value is -1.02. The van der Waals surface area contributed by atoms with Crippen molar-refractivity contribution in [3.8, 4) is 5.75 Å². The third-order valence-electron chi connectivity index (χ3n) is 6.64. The van der Waals surface area contributed by atoms with Gasteiger partial charge in [0.25, 0.3) is 0 Å². The lowest BCUT2D eigenvalue weighted by molar-refractivity contribution is -0.143. The summed E-state index contributed by atoms with van der Waals surface area (Å²) in [5.41, 5.74) is 2.75. The lowest BCUT2D eigenvalue weighted by atomic mass is 9.80. The molecule has 1 saturated carbocycles. The van der Waals surface area contributed by atoms with Crippen LogP contribution in [-0.2, 0) is 4.74 Å². The maximum Gasteiger partial charge on any atom is 0.204 e. The Morgan fingerprint density at radius 3 is 2.20 bits per heavy atom. The lowest BCUT2D eigenvalue weighted by Crippen LogP contribution is -2.35. The Morgan fingerprint density at radius 2 is 1.67 bits per heavy atom. The van der Waals surface area contributed by atoms with Crippen LogP contribution >= 0.6 is 0 Å². The molecule has 1 fully saturated rings. The van der Waals surface area contributed by atoms with Gasteiger partial charge in [-0.3, -0.25) is 0 Å². The molecular formula is C28H48O2. The minimum absolute atomic E-state index is 0.0583. The highest BCUT2D eigenvalue weighted by atomic mass is 16.7. The van der Waals surface area contributed by atoms with E-state index < -0.39 is 0 Å². The van der Waals surface area contributed by atoms with Crippen molar-refractivity contribution in [2.75, 3.05) is 6.61 Å². The first-order chi connectivity index (χ1) is 14.1. The van der Waals surface area contributed by atoms with E-state index in [1.807, 2.05) is 0 Å². The number of hydrogen-bond acceptors (Lipinski definition) is 2. The molecule has 2 unspecified atom stereocenters. The van der Waals surface area contributed by atoms with E-state index in [4.69, 9.17) is 9.47 Å². The Balaban J connectivity index is 2.03. The Bertz CT molecular complexity index is 620. The molecule has 2 nitrogen and oxygen atoms in total. The predicted molar refractivity (Wildman–Crippen MR) is 129 cm³/mol. The standard InChI is InChI=1S/C28H48O2/c1-20(2)18-26(21(3)4)25-15-14-24(19-22(25)5)30-27(28(6,7)8)29-17-16-23-12-10-9-11-13-23/h14-15,19-21,23,26-27H,9-13,16-18H2,1-8H3. The normalized spacial score (nSPS) is 18.1. The maximum absolute atomic E-state index is 6.40. The molecule has 0 radical (unpaired) electrons. The summed E-state index contributed by atoms with van der Waals surface area (Å²) in [6.45, 7) is 19.0. The average molecular weight is 417 g/mol. The molecule has 30 heavy (non-hydrogen) atoms. The van der Waals surface area contributed by atoms with Crippen molar-refractivity contribution in [1.29, 1.82) is 0 Å². The van der Waals surface area contributed by atoms with Gasteiger partial charge >= 0.3 is 0 Å². The maximum atomic E-state index is 6.40. The third-order valence-corrected chi connectivity index (χ3v) is 6.64. The topological polar surface area (TPSA) is 18.5 Å². The first-order valence-electron chi connectivity index (χ1n) is 12.5. The van der Waals surface area contributed by atoms with Crippen molar-refractivity contribution >= 4 is 0 Å². The van der Waals surface area contributed by atoms with Crippen LogP contribution in [-0.4, -0.2) is 12.9 Å². The molecule has 0 bridgehead atoms. The van der Waals surface area contributed by atoms with Crippen LogP contribution in [0.5, 0.6) is 5.75 Å². The van der Waals surface area contributed by atoms with Crippen LogP contribution in [0.15, 0.2) is 18.2 Å². The van der Waals surface area contributed by atoms with Gasteiger partial charge in [-0.25, -0.2) is 0 Å². The molecule has 172 valence electrons. The van der Waals surface area contributed by atoms with Gasteiger partial charge in [-0.1, -0.05) is 86.6 Å². The van der Waals surface area contributed by atoms with Gasteiger partial charge in [-0.15, -0.1) is 0 Å². The van der Waals surface area contributed by atoms with Crippen molar-refractivity contribution < 1.29 is 9.47 Å². The van der Waals surface area contributed by atoms with E-state index in [-0.39, 0.29) is 11.7 Å². The summed E-state index contributed by atoms with van der Waals surface area (Å²) >= 11 is 0. The molecule has 0 N–H and O–H groups in total. The minimum Gasteiger partial charge on any atom is -0.464 e. The highest BCUT2D eigenvalue weighted by Crippen LogP contribution is 2.35. The van der Waals surface area contributed by atoms with E-state index >= 15 is 0 Å². The molecule has 0 aromatic heterocycles. The number of benzene rings is 1. The molecule has 2 rings (SSSR count). The first kappa shape index (κ1) is 25.2. The molecule has 0 amide bonds. The second-order valence-corrected chi connectivity index (χ2v) is 11.5. The number of rotatable bonds is 10. The van der Waals surface area contributed by atoms with Crippen molar-refractivity contribution in [3.05, 3.63) is 29.3 Å². The second-order valence-electron chi connectivity index (χ2n) is 11.5. The van der Waals surface area contributed by atoms with Crippen LogP contribution < -0.4 is 4.74 Å². The van der Waals surface area contributed by atoms with Gasteiger partial charge in [0.2, 0.25) is 6.29 Å². The van der Waals surface area contributed by atoms with Crippen LogP contribution in [0.3, 0.4) is 0 Å². The van der Waals surface area contributed by atoms with Gasteiger partial charge in [0.05, 0.1) is 6.61 Å². The van der Waals surface area contributed by atoms with Crippen LogP contribution in [0, 0.1) is 30.1 Å². The van der Waals surface area contributed by atoms with Gasteiger partial charge in [-0.2, -0.15) is 0 Å². The molecule has 1 aliphatic rings.